The fraction of sp³-hybridized carbons (Fsp3) is 0.591. The van der Waals surface area contributed by atoms with E-state index in [0.717, 1.165) is 42.6 Å². The molecule has 1 heterocycles. The van der Waals surface area contributed by atoms with Crippen LogP contribution in [0.5, 0.6) is 0 Å². The first-order valence-electron chi connectivity index (χ1n) is 10.4. The number of carbonyl (C=O) groups excluding carboxylic acids is 3. The van der Waals surface area contributed by atoms with E-state index in [2.05, 4.69) is 24.5 Å². The average molecular weight is 386 g/mol. The third-order valence-electron chi connectivity index (χ3n) is 5.75. The van der Waals surface area contributed by atoms with Crippen LogP contribution in [-0.2, 0) is 9.59 Å². The van der Waals surface area contributed by atoms with Crippen LogP contribution in [0, 0.1) is 5.92 Å². The summed E-state index contributed by atoms with van der Waals surface area (Å²) in [6.07, 6.45) is 6.14. The van der Waals surface area contributed by atoms with E-state index in [-0.39, 0.29) is 24.4 Å². The molecule has 6 heteroatoms. The van der Waals surface area contributed by atoms with E-state index < -0.39 is 11.6 Å². The highest BCUT2D eigenvalue weighted by Gasteiger charge is 2.51. The minimum Gasteiger partial charge on any atom is -0.348 e. The third kappa shape index (κ3) is 4.54. The monoisotopic (exact) mass is 385 g/mol. The van der Waals surface area contributed by atoms with Gasteiger partial charge in [-0.3, -0.25) is 14.5 Å². The van der Waals surface area contributed by atoms with Gasteiger partial charge in [0.1, 0.15) is 12.1 Å². The Bertz CT molecular complexity index is 709. The summed E-state index contributed by atoms with van der Waals surface area (Å²) < 4.78 is 0. The van der Waals surface area contributed by atoms with E-state index in [1.807, 2.05) is 30.3 Å². The van der Waals surface area contributed by atoms with Crippen LogP contribution in [-0.4, -0.2) is 34.8 Å². The van der Waals surface area contributed by atoms with Crippen molar-refractivity contribution in [3.05, 3.63) is 35.9 Å². The number of carbonyl (C=O) groups is 3. The lowest BCUT2D eigenvalue weighted by molar-refractivity contribution is -0.135. The van der Waals surface area contributed by atoms with E-state index in [9.17, 15) is 14.4 Å². The Kier molecular flexibility index (Phi) is 6.37. The third-order valence-corrected chi connectivity index (χ3v) is 5.75. The second-order valence-corrected chi connectivity index (χ2v) is 8.48. The number of hydrogen-bond donors (Lipinski definition) is 2. The number of rotatable bonds is 6. The van der Waals surface area contributed by atoms with Gasteiger partial charge >= 0.3 is 6.03 Å². The molecule has 1 aliphatic heterocycles. The van der Waals surface area contributed by atoms with Gasteiger partial charge in [0.25, 0.3) is 5.91 Å². The van der Waals surface area contributed by atoms with Crippen molar-refractivity contribution in [1.29, 1.82) is 0 Å². The molecule has 28 heavy (non-hydrogen) atoms. The first-order chi connectivity index (χ1) is 13.4. The second kappa shape index (κ2) is 8.76. The molecule has 2 fully saturated rings. The van der Waals surface area contributed by atoms with E-state index in [1.54, 1.807) is 0 Å². The van der Waals surface area contributed by atoms with Crippen LogP contribution in [0.15, 0.2) is 30.3 Å². The van der Waals surface area contributed by atoms with Crippen molar-refractivity contribution in [2.24, 2.45) is 5.92 Å². The number of urea groups is 1. The summed E-state index contributed by atoms with van der Waals surface area (Å²) in [7, 11) is 0. The van der Waals surface area contributed by atoms with Gasteiger partial charge in [0.2, 0.25) is 5.91 Å². The van der Waals surface area contributed by atoms with Crippen molar-refractivity contribution in [3.63, 3.8) is 0 Å². The zero-order valence-electron chi connectivity index (χ0n) is 16.9. The Morgan fingerprint density at radius 2 is 1.75 bits per heavy atom. The van der Waals surface area contributed by atoms with Crippen molar-refractivity contribution in [3.8, 4) is 0 Å². The normalized spacial score (nSPS) is 20.2. The molecule has 2 N–H and O–H groups in total. The van der Waals surface area contributed by atoms with Gasteiger partial charge < -0.3 is 10.6 Å². The summed E-state index contributed by atoms with van der Waals surface area (Å²) in [5.41, 5.74) is 0.229. The summed E-state index contributed by atoms with van der Waals surface area (Å²) in [5.74, 6) is -0.144. The molecule has 1 spiro atoms. The SMILES string of the molecule is CC(C)C[C@@H](NC(=O)CN1C(=O)NC2(CCCCCC2)C1=O)c1ccccc1. The number of benzene rings is 1. The molecule has 0 aromatic heterocycles. The summed E-state index contributed by atoms with van der Waals surface area (Å²) in [6.45, 7) is 3.98. The van der Waals surface area contributed by atoms with Crippen molar-refractivity contribution in [2.45, 2.75) is 70.4 Å². The Hall–Kier alpha value is -2.37. The maximum atomic E-state index is 13.0. The maximum Gasteiger partial charge on any atom is 0.325 e. The molecular weight excluding hydrogens is 354 g/mol. The Morgan fingerprint density at radius 3 is 2.36 bits per heavy atom. The average Bonchev–Trinajstić information content (AvgIpc) is 2.83. The maximum absolute atomic E-state index is 13.0. The highest BCUT2D eigenvalue weighted by Crippen LogP contribution is 2.32. The molecule has 3 rings (SSSR count). The summed E-state index contributed by atoms with van der Waals surface area (Å²) in [4.78, 5) is 39.2. The summed E-state index contributed by atoms with van der Waals surface area (Å²) >= 11 is 0. The second-order valence-electron chi connectivity index (χ2n) is 8.48. The van der Waals surface area contributed by atoms with Crippen molar-refractivity contribution < 1.29 is 14.4 Å². The quantitative estimate of drug-likeness (QED) is 0.735. The molecule has 2 aliphatic rings. The summed E-state index contributed by atoms with van der Waals surface area (Å²) in [5, 5.41) is 5.91. The standard InChI is InChI=1S/C22H31N3O3/c1-16(2)14-18(17-10-6-5-7-11-17)23-19(26)15-25-20(27)22(24-21(25)28)12-8-3-4-9-13-22/h5-7,10-11,16,18H,3-4,8-9,12-15H2,1-2H3,(H,23,26)(H,24,28)/t18-/m1/s1. The van der Waals surface area contributed by atoms with E-state index >= 15 is 0 Å². The van der Waals surface area contributed by atoms with Gasteiger partial charge in [0, 0.05) is 0 Å². The first-order valence-corrected chi connectivity index (χ1v) is 10.4. The van der Waals surface area contributed by atoms with Gasteiger partial charge in [-0.25, -0.2) is 4.79 Å². The number of hydrogen-bond acceptors (Lipinski definition) is 3. The Balaban J connectivity index is 1.67. The topological polar surface area (TPSA) is 78.5 Å². The Labute approximate surface area is 167 Å². The van der Waals surface area contributed by atoms with Gasteiger partial charge in [0.05, 0.1) is 6.04 Å². The number of nitrogens with one attached hydrogen (secondary N) is 2. The van der Waals surface area contributed by atoms with Crippen LogP contribution in [0.1, 0.15) is 70.4 Å². The zero-order valence-corrected chi connectivity index (χ0v) is 16.9. The van der Waals surface area contributed by atoms with Gasteiger partial charge in [0.15, 0.2) is 0 Å². The molecule has 1 aromatic rings. The van der Waals surface area contributed by atoms with Crippen LogP contribution >= 0.6 is 0 Å². The highest BCUT2D eigenvalue weighted by atomic mass is 16.2. The minimum atomic E-state index is -0.801. The van der Waals surface area contributed by atoms with E-state index in [4.69, 9.17) is 0 Å². The van der Waals surface area contributed by atoms with Crippen LogP contribution in [0.3, 0.4) is 0 Å². The smallest absolute Gasteiger partial charge is 0.325 e. The molecule has 1 aromatic carbocycles. The number of amides is 4. The fourth-order valence-corrected chi connectivity index (χ4v) is 4.31. The molecule has 0 unspecified atom stereocenters. The minimum absolute atomic E-state index is 0.138. The van der Waals surface area contributed by atoms with Gasteiger partial charge in [-0.05, 0) is 30.7 Å². The molecule has 0 bridgehead atoms. The van der Waals surface area contributed by atoms with Crippen molar-refractivity contribution in [2.75, 3.05) is 6.54 Å². The van der Waals surface area contributed by atoms with Gasteiger partial charge in [-0.15, -0.1) is 0 Å². The van der Waals surface area contributed by atoms with Crippen LogP contribution in [0.25, 0.3) is 0 Å². The molecule has 1 aliphatic carbocycles. The lowest BCUT2D eigenvalue weighted by Gasteiger charge is -2.25. The highest BCUT2D eigenvalue weighted by molar-refractivity contribution is 6.09. The lowest BCUT2D eigenvalue weighted by Crippen LogP contribution is -2.47. The van der Waals surface area contributed by atoms with Gasteiger partial charge in [-0.1, -0.05) is 69.9 Å². The summed E-state index contributed by atoms with van der Waals surface area (Å²) in [6, 6.07) is 9.23. The van der Waals surface area contributed by atoms with Crippen molar-refractivity contribution >= 4 is 17.8 Å². The first kappa shape index (κ1) is 20.4. The van der Waals surface area contributed by atoms with Crippen LogP contribution in [0.4, 0.5) is 4.79 Å². The largest absolute Gasteiger partial charge is 0.348 e. The predicted molar refractivity (Wildman–Crippen MR) is 107 cm³/mol. The number of nitrogens with zero attached hydrogens (tertiary/aromatic N) is 1. The van der Waals surface area contributed by atoms with Crippen LogP contribution in [0.2, 0.25) is 0 Å². The van der Waals surface area contributed by atoms with Crippen molar-refractivity contribution in [1.82, 2.24) is 15.5 Å². The lowest BCUT2D eigenvalue weighted by atomic mass is 9.90. The van der Waals surface area contributed by atoms with Gasteiger partial charge in [-0.2, -0.15) is 0 Å². The zero-order chi connectivity index (χ0) is 20.1. The molecule has 152 valence electrons. The molecule has 4 amide bonds. The molecule has 1 saturated carbocycles. The Morgan fingerprint density at radius 1 is 1.11 bits per heavy atom. The van der Waals surface area contributed by atoms with Crippen LogP contribution < -0.4 is 10.6 Å². The number of imide groups is 1. The molecule has 1 saturated heterocycles. The fourth-order valence-electron chi connectivity index (χ4n) is 4.31. The van der Waals surface area contributed by atoms with E-state index in [1.165, 1.54) is 0 Å². The molecule has 1 atom stereocenters. The van der Waals surface area contributed by atoms with E-state index in [0.29, 0.717) is 18.8 Å². The molecule has 6 nitrogen and oxygen atoms in total. The molecular formula is C22H31N3O3. The molecule has 0 radical (unpaired) electrons. The predicted octanol–water partition coefficient (Wildman–Crippen LogP) is 3.53.